The Kier molecular flexibility index (Phi) is 4.43. The van der Waals surface area contributed by atoms with Crippen LogP contribution in [0.4, 0.5) is 0 Å². The number of rotatable bonds is 3. The quantitative estimate of drug-likeness (QED) is 0.866. The van der Waals surface area contributed by atoms with Gasteiger partial charge in [-0.05, 0) is 50.8 Å². The molecule has 0 aliphatic carbocycles. The molecule has 1 N–H and O–H groups in total. The van der Waals surface area contributed by atoms with Crippen molar-refractivity contribution < 1.29 is 14.3 Å². The van der Waals surface area contributed by atoms with Gasteiger partial charge >= 0.3 is 0 Å². The van der Waals surface area contributed by atoms with Gasteiger partial charge in [0.1, 0.15) is 0 Å². The zero-order valence-corrected chi connectivity index (χ0v) is 14.9. The second-order valence-electron chi connectivity index (χ2n) is 7.14. The maximum Gasteiger partial charge on any atom is 0.248 e. The molecule has 1 aromatic carbocycles. The molecule has 0 spiro atoms. The molecule has 0 unspecified atom stereocenters. The molecule has 2 aliphatic rings. The largest absolute Gasteiger partial charge is 0.493 e. The minimum absolute atomic E-state index is 0.0773. The number of carbonyl (C=O) groups excluding carboxylic acids is 1. The first-order chi connectivity index (χ1) is 11.4. The summed E-state index contributed by atoms with van der Waals surface area (Å²) in [5.41, 5.74) is 2.92. The van der Waals surface area contributed by atoms with E-state index in [0.717, 1.165) is 54.9 Å². The third-order valence-electron chi connectivity index (χ3n) is 4.69. The van der Waals surface area contributed by atoms with Gasteiger partial charge in [-0.1, -0.05) is 0 Å². The van der Waals surface area contributed by atoms with E-state index in [2.05, 4.69) is 19.2 Å². The van der Waals surface area contributed by atoms with E-state index in [1.165, 1.54) is 0 Å². The number of nitrogens with one attached hydrogen (secondary N) is 1. The predicted octanol–water partition coefficient (Wildman–Crippen LogP) is 2.59. The van der Waals surface area contributed by atoms with Crippen LogP contribution in [0.3, 0.4) is 0 Å². The molecule has 2 aliphatic heterocycles. The minimum atomic E-state index is -0.121. The lowest BCUT2D eigenvalue weighted by Gasteiger charge is -2.36. The smallest absolute Gasteiger partial charge is 0.248 e. The second-order valence-corrected chi connectivity index (χ2v) is 7.14. The SMILES string of the molecule is COc1cc2c(cc1OC)/C(=C/C(=O)N1CCCC1)NC(C)(C)C2. The molecule has 0 bridgehead atoms. The first kappa shape index (κ1) is 16.7. The number of hydrogen-bond acceptors (Lipinski definition) is 4. The van der Waals surface area contributed by atoms with E-state index in [1.807, 2.05) is 17.0 Å². The van der Waals surface area contributed by atoms with Gasteiger partial charge in [0.2, 0.25) is 5.91 Å². The molecule has 130 valence electrons. The molecule has 24 heavy (non-hydrogen) atoms. The van der Waals surface area contributed by atoms with Crippen molar-refractivity contribution in [3.05, 3.63) is 29.3 Å². The van der Waals surface area contributed by atoms with Crippen molar-refractivity contribution in [2.24, 2.45) is 0 Å². The lowest BCUT2D eigenvalue weighted by atomic mass is 9.85. The van der Waals surface area contributed by atoms with Crippen LogP contribution in [0.2, 0.25) is 0 Å². The van der Waals surface area contributed by atoms with Gasteiger partial charge in [0.05, 0.1) is 14.2 Å². The highest BCUT2D eigenvalue weighted by Gasteiger charge is 2.30. The fraction of sp³-hybridized carbons (Fsp3) is 0.526. The van der Waals surface area contributed by atoms with Crippen LogP contribution in [-0.2, 0) is 11.2 Å². The van der Waals surface area contributed by atoms with Gasteiger partial charge in [0.15, 0.2) is 11.5 Å². The number of ether oxygens (including phenoxy) is 2. The van der Waals surface area contributed by atoms with E-state index >= 15 is 0 Å². The molecule has 1 aromatic rings. The highest BCUT2D eigenvalue weighted by Crippen LogP contribution is 2.38. The molecule has 0 radical (unpaired) electrons. The number of hydrogen-bond donors (Lipinski definition) is 1. The fourth-order valence-corrected chi connectivity index (χ4v) is 3.54. The second kappa shape index (κ2) is 6.38. The van der Waals surface area contributed by atoms with Crippen molar-refractivity contribution >= 4 is 11.6 Å². The van der Waals surface area contributed by atoms with Gasteiger partial charge in [0, 0.05) is 36.0 Å². The summed E-state index contributed by atoms with van der Waals surface area (Å²) in [7, 11) is 3.27. The van der Waals surface area contributed by atoms with E-state index in [9.17, 15) is 4.79 Å². The number of nitrogens with zero attached hydrogens (tertiary/aromatic N) is 1. The summed E-state index contributed by atoms with van der Waals surface area (Å²) in [5, 5.41) is 3.51. The molecule has 1 fully saturated rings. The number of methoxy groups -OCH3 is 2. The number of fused-ring (bicyclic) bond motifs is 1. The zero-order valence-electron chi connectivity index (χ0n) is 14.9. The molecule has 5 heteroatoms. The van der Waals surface area contributed by atoms with E-state index in [-0.39, 0.29) is 11.4 Å². The molecule has 3 rings (SSSR count). The van der Waals surface area contributed by atoms with E-state index in [4.69, 9.17) is 9.47 Å². The molecule has 1 amide bonds. The lowest BCUT2D eigenvalue weighted by molar-refractivity contribution is -0.124. The van der Waals surface area contributed by atoms with E-state index in [1.54, 1.807) is 20.3 Å². The highest BCUT2D eigenvalue weighted by molar-refractivity contribution is 5.96. The van der Waals surface area contributed by atoms with Gasteiger partial charge in [0.25, 0.3) is 0 Å². The Morgan fingerprint density at radius 2 is 1.79 bits per heavy atom. The van der Waals surface area contributed by atoms with Crippen LogP contribution in [0, 0.1) is 0 Å². The average Bonchev–Trinajstić information content (AvgIpc) is 3.07. The van der Waals surface area contributed by atoms with Crippen LogP contribution in [0.1, 0.15) is 37.8 Å². The molecule has 2 heterocycles. The molecular weight excluding hydrogens is 304 g/mol. The molecular formula is C19H26N2O3. The van der Waals surface area contributed by atoms with Crippen LogP contribution >= 0.6 is 0 Å². The number of amides is 1. The number of likely N-dealkylation sites (tertiary alicyclic amines) is 1. The van der Waals surface area contributed by atoms with Crippen LogP contribution in [0.5, 0.6) is 11.5 Å². The molecule has 0 saturated carbocycles. The Labute approximate surface area is 143 Å². The van der Waals surface area contributed by atoms with E-state index in [0.29, 0.717) is 5.75 Å². The summed E-state index contributed by atoms with van der Waals surface area (Å²) in [4.78, 5) is 14.5. The predicted molar refractivity (Wildman–Crippen MR) is 94.3 cm³/mol. The van der Waals surface area contributed by atoms with Gasteiger partial charge < -0.3 is 19.7 Å². The normalized spacial score (nSPS) is 20.5. The topological polar surface area (TPSA) is 50.8 Å². The van der Waals surface area contributed by atoms with Crippen molar-refractivity contribution in [2.45, 2.75) is 38.6 Å². The molecule has 1 saturated heterocycles. The third kappa shape index (κ3) is 3.21. The third-order valence-corrected chi connectivity index (χ3v) is 4.69. The van der Waals surface area contributed by atoms with Crippen molar-refractivity contribution in [2.75, 3.05) is 27.3 Å². The summed E-state index contributed by atoms with van der Waals surface area (Å²) >= 11 is 0. The number of benzene rings is 1. The molecule has 5 nitrogen and oxygen atoms in total. The van der Waals surface area contributed by atoms with Crippen LogP contribution < -0.4 is 14.8 Å². The Bertz CT molecular complexity index is 673. The Balaban J connectivity index is 2.03. The van der Waals surface area contributed by atoms with Crippen molar-refractivity contribution in [1.82, 2.24) is 10.2 Å². The van der Waals surface area contributed by atoms with Gasteiger partial charge in [-0.3, -0.25) is 4.79 Å². The summed E-state index contributed by atoms with van der Waals surface area (Å²) in [6.45, 7) is 5.98. The van der Waals surface area contributed by atoms with Crippen molar-refractivity contribution in [1.29, 1.82) is 0 Å². The van der Waals surface area contributed by atoms with Gasteiger partial charge in [-0.2, -0.15) is 0 Å². The Morgan fingerprint density at radius 3 is 2.42 bits per heavy atom. The standard InChI is InChI=1S/C19H26N2O3/c1-19(2)12-13-9-16(23-3)17(24-4)10-14(13)15(20-19)11-18(22)21-7-5-6-8-21/h9-11,20H,5-8,12H2,1-4H3/b15-11-. The monoisotopic (exact) mass is 330 g/mol. The minimum Gasteiger partial charge on any atom is -0.493 e. The lowest BCUT2D eigenvalue weighted by Crippen LogP contribution is -2.44. The van der Waals surface area contributed by atoms with Crippen LogP contribution in [0.15, 0.2) is 18.2 Å². The average molecular weight is 330 g/mol. The van der Waals surface area contributed by atoms with Gasteiger partial charge in [-0.15, -0.1) is 0 Å². The van der Waals surface area contributed by atoms with Crippen molar-refractivity contribution in [3.8, 4) is 11.5 Å². The summed E-state index contributed by atoms with van der Waals surface area (Å²) in [5.74, 6) is 1.48. The Hall–Kier alpha value is -2.17. The zero-order chi connectivity index (χ0) is 17.3. The summed E-state index contributed by atoms with van der Waals surface area (Å²) in [6, 6.07) is 3.98. The summed E-state index contributed by atoms with van der Waals surface area (Å²) < 4.78 is 10.9. The first-order valence-electron chi connectivity index (χ1n) is 8.47. The van der Waals surface area contributed by atoms with Crippen LogP contribution in [0.25, 0.3) is 5.70 Å². The van der Waals surface area contributed by atoms with Crippen LogP contribution in [-0.4, -0.2) is 43.7 Å². The summed E-state index contributed by atoms with van der Waals surface area (Å²) in [6.07, 6.45) is 4.78. The Morgan fingerprint density at radius 1 is 1.17 bits per heavy atom. The van der Waals surface area contributed by atoms with E-state index < -0.39 is 0 Å². The maximum absolute atomic E-state index is 12.6. The van der Waals surface area contributed by atoms with Gasteiger partial charge in [-0.25, -0.2) is 0 Å². The molecule has 0 aromatic heterocycles. The van der Waals surface area contributed by atoms with Crippen molar-refractivity contribution in [3.63, 3.8) is 0 Å². The molecule has 0 atom stereocenters. The highest BCUT2D eigenvalue weighted by atomic mass is 16.5. The fourth-order valence-electron chi connectivity index (χ4n) is 3.54. The number of carbonyl (C=O) groups is 1. The maximum atomic E-state index is 12.6. The first-order valence-corrected chi connectivity index (χ1v) is 8.47.